The zero-order valence-corrected chi connectivity index (χ0v) is 14.1. The van der Waals surface area contributed by atoms with Crippen LogP contribution in [0.2, 0.25) is 0 Å². The highest BCUT2D eigenvalue weighted by atomic mass is 32.2. The molecule has 2 aromatic rings. The molecule has 112 valence electrons. The summed E-state index contributed by atoms with van der Waals surface area (Å²) >= 11 is 1.45. The molecule has 1 aliphatic rings. The van der Waals surface area contributed by atoms with Crippen LogP contribution >= 0.6 is 11.3 Å². The van der Waals surface area contributed by atoms with Crippen molar-refractivity contribution >= 4 is 21.2 Å². The predicted octanol–water partition coefficient (Wildman–Crippen LogP) is 3.50. The van der Waals surface area contributed by atoms with Crippen LogP contribution in [0.15, 0.2) is 35.7 Å². The zero-order valence-electron chi connectivity index (χ0n) is 12.5. The highest BCUT2D eigenvalue weighted by molar-refractivity contribution is 7.91. The van der Waals surface area contributed by atoms with Crippen LogP contribution in [0.5, 0.6) is 0 Å². The molecule has 3 nitrogen and oxygen atoms in total. The van der Waals surface area contributed by atoms with E-state index in [1.807, 2.05) is 23.6 Å². The van der Waals surface area contributed by atoms with Gasteiger partial charge in [-0.05, 0) is 32.3 Å². The summed E-state index contributed by atoms with van der Waals surface area (Å²) in [7, 11) is -3.18. The van der Waals surface area contributed by atoms with Gasteiger partial charge in [-0.1, -0.05) is 30.3 Å². The molecule has 0 radical (unpaired) electrons. The van der Waals surface area contributed by atoms with Crippen LogP contribution in [0, 0.1) is 0 Å². The highest BCUT2D eigenvalue weighted by Crippen LogP contribution is 2.53. The number of hydrogen-bond acceptors (Lipinski definition) is 4. The summed E-state index contributed by atoms with van der Waals surface area (Å²) in [5.41, 5.74) is 2.30. The number of sulfone groups is 1. The van der Waals surface area contributed by atoms with Crippen LogP contribution in [0.4, 0.5) is 0 Å². The first-order chi connectivity index (χ1) is 9.77. The fourth-order valence-electron chi connectivity index (χ4n) is 2.50. The Labute approximate surface area is 130 Å². The number of nitrogens with zero attached hydrogens (tertiary/aromatic N) is 1. The largest absolute Gasteiger partial charge is 0.244 e. The van der Waals surface area contributed by atoms with Gasteiger partial charge in [0.1, 0.15) is 9.75 Å². The molecule has 0 spiro atoms. The Morgan fingerprint density at radius 3 is 2.33 bits per heavy atom. The topological polar surface area (TPSA) is 47.0 Å². The summed E-state index contributed by atoms with van der Waals surface area (Å²) in [6.07, 6.45) is 3.44. The van der Waals surface area contributed by atoms with E-state index in [4.69, 9.17) is 4.98 Å². The van der Waals surface area contributed by atoms with Crippen molar-refractivity contribution in [2.45, 2.75) is 36.9 Å². The van der Waals surface area contributed by atoms with Gasteiger partial charge in [-0.3, -0.25) is 0 Å². The van der Waals surface area contributed by atoms with Gasteiger partial charge in [0.2, 0.25) is 0 Å². The zero-order chi connectivity index (χ0) is 15.3. The molecular formula is C16H19NO2S2. The van der Waals surface area contributed by atoms with Crippen molar-refractivity contribution in [3.05, 3.63) is 52.0 Å². The molecule has 3 rings (SSSR count). The molecule has 5 heteroatoms. The fourth-order valence-corrected chi connectivity index (χ4v) is 4.40. The van der Waals surface area contributed by atoms with Crippen LogP contribution in [0.25, 0.3) is 0 Å². The van der Waals surface area contributed by atoms with Gasteiger partial charge in [0.15, 0.2) is 9.84 Å². The number of benzene rings is 1. The molecule has 0 aliphatic heterocycles. The standard InChI is InChI=1S/C16H19NO2S2/c1-15(2,21(3,18)19)14-17-13(11-20-14)16(9-10-16)12-7-5-4-6-8-12/h4-8,11H,9-10H2,1-3H3. The molecule has 1 aromatic carbocycles. The van der Waals surface area contributed by atoms with Gasteiger partial charge in [-0.15, -0.1) is 11.3 Å². The van der Waals surface area contributed by atoms with Gasteiger partial charge >= 0.3 is 0 Å². The second-order valence-electron chi connectivity index (χ2n) is 6.27. The molecular weight excluding hydrogens is 302 g/mol. The van der Waals surface area contributed by atoms with Gasteiger partial charge in [0, 0.05) is 17.1 Å². The van der Waals surface area contributed by atoms with Gasteiger partial charge in [-0.25, -0.2) is 13.4 Å². The van der Waals surface area contributed by atoms with Crippen LogP contribution in [-0.2, 0) is 20.0 Å². The van der Waals surface area contributed by atoms with E-state index in [0.717, 1.165) is 18.5 Å². The molecule has 0 saturated heterocycles. The second kappa shape index (κ2) is 4.65. The number of hydrogen-bond donors (Lipinski definition) is 0. The van der Waals surface area contributed by atoms with E-state index < -0.39 is 14.6 Å². The quantitative estimate of drug-likeness (QED) is 0.866. The summed E-state index contributed by atoms with van der Waals surface area (Å²) in [6.45, 7) is 3.46. The van der Waals surface area contributed by atoms with E-state index in [2.05, 4.69) is 12.1 Å². The van der Waals surface area contributed by atoms with Gasteiger partial charge in [0.25, 0.3) is 0 Å². The highest BCUT2D eigenvalue weighted by Gasteiger charge is 2.48. The second-order valence-corrected chi connectivity index (χ2v) is 9.69. The smallest absolute Gasteiger partial charge is 0.159 e. The van der Waals surface area contributed by atoms with E-state index in [1.54, 1.807) is 13.8 Å². The summed E-state index contributed by atoms with van der Waals surface area (Å²) in [5.74, 6) is 0. The van der Waals surface area contributed by atoms with E-state index in [1.165, 1.54) is 23.2 Å². The lowest BCUT2D eigenvalue weighted by molar-refractivity contribution is 0.559. The third-order valence-electron chi connectivity index (χ3n) is 4.51. The predicted molar refractivity (Wildman–Crippen MR) is 86.4 cm³/mol. The molecule has 21 heavy (non-hydrogen) atoms. The number of thiazole rings is 1. The Kier molecular flexibility index (Phi) is 3.26. The van der Waals surface area contributed by atoms with E-state index in [0.29, 0.717) is 5.01 Å². The molecule has 1 fully saturated rings. The van der Waals surface area contributed by atoms with Crippen LogP contribution in [0.3, 0.4) is 0 Å². The van der Waals surface area contributed by atoms with Crippen LogP contribution in [-0.4, -0.2) is 19.7 Å². The molecule has 0 bridgehead atoms. The van der Waals surface area contributed by atoms with Gasteiger partial charge in [0.05, 0.1) is 5.69 Å². The van der Waals surface area contributed by atoms with Crippen LogP contribution < -0.4 is 0 Å². The summed E-state index contributed by atoms with van der Waals surface area (Å²) < 4.78 is 23.0. The number of rotatable bonds is 4. The Bertz CT molecular complexity index is 757. The van der Waals surface area contributed by atoms with E-state index in [-0.39, 0.29) is 5.41 Å². The molecule has 1 aliphatic carbocycles. The van der Waals surface area contributed by atoms with Crippen molar-refractivity contribution in [1.82, 2.24) is 4.98 Å². The SMILES string of the molecule is CC(C)(c1nc(C2(c3ccccc3)CC2)cs1)S(C)(=O)=O. The minimum Gasteiger partial charge on any atom is -0.244 e. The van der Waals surface area contributed by atoms with Gasteiger partial charge < -0.3 is 0 Å². The van der Waals surface area contributed by atoms with Crippen molar-refractivity contribution in [2.75, 3.05) is 6.26 Å². The third kappa shape index (κ3) is 2.32. The summed E-state index contributed by atoms with van der Waals surface area (Å²) in [6, 6.07) is 10.4. The number of aromatic nitrogens is 1. The maximum absolute atomic E-state index is 12.0. The minimum absolute atomic E-state index is 0.00356. The lowest BCUT2D eigenvalue weighted by atomic mass is 9.93. The van der Waals surface area contributed by atoms with Gasteiger partial charge in [-0.2, -0.15) is 0 Å². The van der Waals surface area contributed by atoms with Crippen LogP contribution in [0.1, 0.15) is 43.0 Å². The lowest BCUT2D eigenvalue weighted by Crippen LogP contribution is -2.28. The fraction of sp³-hybridized carbons (Fsp3) is 0.438. The van der Waals surface area contributed by atoms with Crippen molar-refractivity contribution in [3.63, 3.8) is 0 Å². The van der Waals surface area contributed by atoms with E-state index in [9.17, 15) is 8.42 Å². The van der Waals surface area contributed by atoms with Crippen molar-refractivity contribution in [3.8, 4) is 0 Å². The Balaban J connectivity index is 2.01. The first kappa shape index (κ1) is 14.7. The lowest BCUT2D eigenvalue weighted by Gasteiger charge is -2.19. The molecule has 0 N–H and O–H groups in total. The Morgan fingerprint density at radius 2 is 1.81 bits per heavy atom. The Hall–Kier alpha value is -1.20. The summed E-state index contributed by atoms with van der Waals surface area (Å²) in [4.78, 5) is 4.70. The monoisotopic (exact) mass is 321 g/mol. The molecule has 1 heterocycles. The van der Waals surface area contributed by atoms with Crippen molar-refractivity contribution in [2.24, 2.45) is 0 Å². The first-order valence-corrected chi connectivity index (χ1v) is 9.76. The van der Waals surface area contributed by atoms with Crippen molar-refractivity contribution < 1.29 is 8.42 Å². The normalized spacial score (nSPS) is 17.7. The molecule has 1 saturated carbocycles. The Morgan fingerprint density at radius 1 is 1.19 bits per heavy atom. The summed E-state index contributed by atoms with van der Waals surface area (Å²) in [5, 5.41) is 2.71. The van der Waals surface area contributed by atoms with E-state index >= 15 is 0 Å². The maximum atomic E-state index is 12.0. The average Bonchev–Trinajstić information content (AvgIpc) is 3.08. The third-order valence-corrected chi connectivity index (χ3v) is 7.86. The molecule has 0 amide bonds. The maximum Gasteiger partial charge on any atom is 0.159 e. The molecule has 1 aromatic heterocycles. The first-order valence-electron chi connectivity index (χ1n) is 6.99. The molecule has 0 atom stereocenters. The average molecular weight is 321 g/mol. The molecule has 0 unspecified atom stereocenters. The minimum atomic E-state index is -3.18. The van der Waals surface area contributed by atoms with Crippen molar-refractivity contribution in [1.29, 1.82) is 0 Å².